The summed E-state index contributed by atoms with van der Waals surface area (Å²) in [6.07, 6.45) is 4.91. The molecule has 1 N–H and O–H groups in total. The Hall–Kier alpha value is -1.92. The van der Waals surface area contributed by atoms with Crippen molar-refractivity contribution in [2.45, 2.75) is 18.8 Å². The highest BCUT2D eigenvalue weighted by molar-refractivity contribution is 7.93. The molecule has 0 unspecified atom stereocenters. The van der Waals surface area contributed by atoms with E-state index in [1.54, 1.807) is 10.5 Å². The number of aromatic amines is 1. The van der Waals surface area contributed by atoms with Crippen LogP contribution in [0.15, 0.2) is 41.4 Å². The average molecular weight is 315 g/mol. The Morgan fingerprint density at radius 1 is 1.14 bits per heavy atom. The molecule has 0 atom stereocenters. The summed E-state index contributed by atoms with van der Waals surface area (Å²) in [6, 6.07) is 9.89. The second kappa shape index (κ2) is 5.07. The molecule has 0 bridgehead atoms. The maximum atomic E-state index is 12.7. The summed E-state index contributed by atoms with van der Waals surface area (Å²) in [5.41, 5.74) is 3.26. The van der Waals surface area contributed by atoms with E-state index in [1.807, 2.05) is 30.3 Å². The summed E-state index contributed by atoms with van der Waals surface area (Å²) in [5, 5.41) is 6.84. The third kappa shape index (κ3) is 2.19. The molecule has 22 heavy (non-hydrogen) atoms. The van der Waals surface area contributed by atoms with Gasteiger partial charge in [-0.05, 0) is 36.1 Å². The fourth-order valence-corrected chi connectivity index (χ4v) is 4.82. The van der Waals surface area contributed by atoms with Gasteiger partial charge < -0.3 is 0 Å². The van der Waals surface area contributed by atoms with Gasteiger partial charge >= 0.3 is 0 Å². The molecule has 1 fully saturated rings. The van der Waals surface area contributed by atoms with Gasteiger partial charge in [-0.3, -0.25) is 5.10 Å². The van der Waals surface area contributed by atoms with E-state index in [0.717, 1.165) is 17.7 Å². The minimum atomic E-state index is -3.33. The summed E-state index contributed by atoms with van der Waals surface area (Å²) in [4.78, 5) is 0.536. The molecule has 5 nitrogen and oxygen atoms in total. The normalized spacial score (nSPS) is 19.4. The highest BCUT2D eigenvalue weighted by atomic mass is 32.2. The number of fused-ring (bicyclic) bond motifs is 1. The molecule has 1 saturated heterocycles. The van der Waals surface area contributed by atoms with E-state index in [2.05, 4.69) is 16.3 Å². The maximum absolute atomic E-state index is 12.7. The predicted molar refractivity (Wildman–Crippen MR) is 84.6 cm³/mol. The lowest BCUT2D eigenvalue weighted by atomic mass is 9.98. The largest absolute Gasteiger partial charge is 0.282 e. The number of allylic oxidation sites excluding steroid dienone is 1. The standard InChI is InChI=1S/C16H17N3O2S/c20-22(21,19-10-14(11-19)16-7-8-17-18-16)15-6-5-12-3-1-2-4-13(12)9-15/h1-4,7-9,14H,5-6,10-11H2,(H,17,18). The van der Waals surface area contributed by atoms with Gasteiger partial charge in [0, 0.05) is 30.9 Å². The molecule has 114 valence electrons. The summed E-state index contributed by atoms with van der Waals surface area (Å²) in [7, 11) is -3.33. The molecule has 2 aromatic rings. The van der Waals surface area contributed by atoms with Crippen molar-refractivity contribution in [3.05, 3.63) is 58.3 Å². The zero-order valence-electron chi connectivity index (χ0n) is 12.1. The molecule has 4 rings (SSSR count). The Bertz CT molecular complexity index is 819. The number of hydrogen-bond acceptors (Lipinski definition) is 3. The quantitative estimate of drug-likeness (QED) is 0.943. The Balaban J connectivity index is 1.55. The second-order valence-corrected chi connectivity index (χ2v) is 7.83. The Morgan fingerprint density at radius 3 is 2.73 bits per heavy atom. The van der Waals surface area contributed by atoms with Crippen molar-refractivity contribution in [3.8, 4) is 0 Å². The number of aryl methyl sites for hydroxylation is 1. The SMILES string of the molecule is O=S(=O)(C1=Cc2ccccc2CC1)N1CC(c2ccn[nH]2)C1. The lowest BCUT2D eigenvalue weighted by Crippen LogP contribution is -2.48. The number of nitrogens with zero attached hydrogens (tertiary/aromatic N) is 2. The number of H-pyrrole nitrogens is 1. The molecule has 0 saturated carbocycles. The fraction of sp³-hybridized carbons (Fsp3) is 0.312. The molecule has 1 aromatic heterocycles. The van der Waals surface area contributed by atoms with Crippen molar-refractivity contribution in [1.29, 1.82) is 0 Å². The van der Waals surface area contributed by atoms with Crippen LogP contribution in [0.3, 0.4) is 0 Å². The summed E-state index contributed by atoms with van der Waals surface area (Å²) >= 11 is 0. The van der Waals surface area contributed by atoms with Crippen molar-refractivity contribution in [2.75, 3.05) is 13.1 Å². The van der Waals surface area contributed by atoms with Gasteiger partial charge in [-0.15, -0.1) is 0 Å². The van der Waals surface area contributed by atoms with Crippen LogP contribution in [0.2, 0.25) is 0 Å². The summed E-state index contributed by atoms with van der Waals surface area (Å²) < 4.78 is 27.0. The third-order valence-electron chi connectivity index (χ3n) is 4.49. The molecule has 1 aliphatic heterocycles. The van der Waals surface area contributed by atoms with Crippen LogP contribution >= 0.6 is 0 Å². The van der Waals surface area contributed by atoms with Crippen LogP contribution in [0.5, 0.6) is 0 Å². The highest BCUT2D eigenvalue weighted by Gasteiger charge is 2.39. The molecular formula is C16H17N3O2S. The zero-order chi connectivity index (χ0) is 15.2. The Morgan fingerprint density at radius 2 is 1.95 bits per heavy atom. The van der Waals surface area contributed by atoms with E-state index in [4.69, 9.17) is 0 Å². The van der Waals surface area contributed by atoms with Crippen molar-refractivity contribution >= 4 is 16.1 Å². The summed E-state index contributed by atoms with van der Waals surface area (Å²) in [6.45, 7) is 1.06. The first-order valence-corrected chi connectivity index (χ1v) is 8.86. The van der Waals surface area contributed by atoms with Crippen molar-refractivity contribution in [3.63, 3.8) is 0 Å². The van der Waals surface area contributed by atoms with Gasteiger partial charge in [0.15, 0.2) is 0 Å². The Kier molecular flexibility index (Phi) is 3.16. The predicted octanol–water partition coefficient (Wildman–Crippen LogP) is 2.13. The minimum Gasteiger partial charge on any atom is -0.282 e. The highest BCUT2D eigenvalue weighted by Crippen LogP contribution is 2.34. The van der Waals surface area contributed by atoms with Gasteiger partial charge in [0.2, 0.25) is 10.0 Å². The third-order valence-corrected chi connectivity index (χ3v) is 6.46. The van der Waals surface area contributed by atoms with Gasteiger partial charge in [-0.2, -0.15) is 9.40 Å². The van der Waals surface area contributed by atoms with E-state index < -0.39 is 10.0 Å². The van der Waals surface area contributed by atoms with Crippen LogP contribution in [0.4, 0.5) is 0 Å². The monoisotopic (exact) mass is 315 g/mol. The van der Waals surface area contributed by atoms with E-state index in [0.29, 0.717) is 24.4 Å². The van der Waals surface area contributed by atoms with E-state index in [9.17, 15) is 8.42 Å². The van der Waals surface area contributed by atoms with Crippen LogP contribution < -0.4 is 0 Å². The Labute approximate surface area is 129 Å². The van der Waals surface area contributed by atoms with Crippen LogP contribution in [-0.4, -0.2) is 36.0 Å². The van der Waals surface area contributed by atoms with Gasteiger partial charge in [-0.25, -0.2) is 8.42 Å². The van der Waals surface area contributed by atoms with Gasteiger partial charge in [0.25, 0.3) is 0 Å². The smallest absolute Gasteiger partial charge is 0.239 e. The lowest BCUT2D eigenvalue weighted by Gasteiger charge is -2.38. The minimum absolute atomic E-state index is 0.230. The van der Waals surface area contributed by atoms with Crippen LogP contribution in [0.25, 0.3) is 6.08 Å². The van der Waals surface area contributed by atoms with Gasteiger partial charge in [0.05, 0.1) is 4.91 Å². The molecule has 1 aliphatic carbocycles. The molecule has 2 heterocycles. The van der Waals surface area contributed by atoms with Crippen molar-refractivity contribution in [2.24, 2.45) is 0 Å². The number of hydrogen-bond donors (Lipinski definition) is 1. The van der Waals surface area contributed by atoms with E-state index in [1.165, 1.54) is 5.56 Å². The fourth-order valence-electron chi connectivity index (χ4n) is 3.10. The molecular weight excluding hydrogens is 298 g/mol. The second-order valence-electron chi connectivity index (χ2n) is 5.84. The van der Waals surface area contributed by atoms with Crippen LogP contribution in [-0.2, 0) is 16.4 Å². The van der Waals surface area contributed by atoms with Crippen LogP contribution in [0, 0.1) is 0 Å². The molecule has 1 aromatic carbocycles. The maximum Gasteiger partial charge on any atom is 0.239 e. The molecule has 0 radical (unpaired) electrons. The number of aromatic nitrogens is 2. The first-order valence-electron chi connectivity index (χ1n) is 7.42. The van der Waals surface area contributed by atoms with E-state index >= 15 is 0 Å². The number of rotatable bonds is 3. The average Bonchev–Trinajstić information content (AvgIpc) is 2.99. The molecule has 0 spiro atoms. The molecule has 6 heteroatoms. The van der Waals surface area contributed by atoms with Crippen LogP contribution in [0.1, 0.15) is 29.2 Å². The van der Waals surface area contributed by atoms with Crippen molar-refractivity contribution in [1.82, 2.24) is 14.5 Å². The number of benzene rings is 1. The van der Waals surface area contributed by atoms with Gasteiger partial charge in [-0.1, -0.05) is 24.3 Å². The molecule has 0 amide bonds. The van der Waals surface area contributed by atoms with E-state index in [-0.39, 0.29) is 5.92 Å². The first kappa shape index (κ1) is 13.7. The van der Waals surface area contributed by atoms with Crippen molar-refractivity contribution < 1.29 is 8.42 Å². The molecule has 2 aliphatic rings. The first-order chi connectivity index (χ1) is 10.6. The number of sulfonamides is 1. The zero-order valence-corrected chi connectivity index (χ0v) is 12.9. The summed E-state index contributed by atoms with van der Waals surface area (Å²) in [5.74, 6) is 0.230. The topological polar surface area (TPSA) is 66.1 Å². The van der Waals surface area contributed by atoms with Gasteiger partial charge in [0.1, 0.15) is 0 Å². The lowest BCUT2D eigenvalue weighted by molar-refractivity contribution is 0.262. The number of nitrogens with one attached hydrogen (secondary N) is 1.